The van der Waals surface area contributed by atoms with Crippen molar-refractivity contribution in [1.29, 1.82) is 0 Å². The van der Waals surface area contributed by atoms with Crippen molar-refractivity contribution in [3.8, 4) is 17.2 Å². The molecule has 1 N–H and O–H groups in total. The van der Waals surface area contributed by atoms with Crippen LogP contribution in [0.15, 0.2) is 59.7 Å². The third-order valence-electron chi connectivity index (χ3n) is 4.28. The Bertz CT molecular complexity index is 1150. The van der Waals surface area contributed by atoms with E-state index in [-0.39, 0.29) is 13.2 Å². The first kappa shape index (κ1) is 25.0. The fraction of sp³-hybridized carbons (Fsp3) is 0.130. The van der Waals surface area contributed by atoms with Crippen LogP contribution in [0.2, 0.25) is 20.1 Å². The third-order valence-corrected chi connectivity index (χ3v) is 5.53. The van der Waals surface area contributed by atoms with Crippen molar-refractivity contribution < 1.29 is 19.0 Å². The molecule has 0 saturated carbocycles. The van der Waals surface area contributed by atoms with E-state index in [4.69, 9.17) is 60.6 Å². The maximum absolute atomic E-state index is 12.0. The number of halogens is 4. The second-order valence-electron chi connectivity index (χ2n) is 6.56. The number of methoxy groups -OCH3 is 1. The summed E-state index contributed by atoms with van der Waals surface area (Å²) in [6.45, 7) is -0.104. The normalized spacial score (nSPS) is 10.8. The SMILES string of the molecule is COc1cc(/C=N/NC(=O)COc2cc(Cl)ccc2Cl)ccc1OCc1c(Cl)cccc1Cl. The smallest absolute Gasteiger partial charge is 0.277 e. The summed E-state index contributed by atoms with van der Waals surface area (Å²) in [6, 6.07) is 15.2. The van der Waals surface area contributed by atoms with Gasteiger partial charge in [0.1, 0.15) is 12.4 Å². The van der Waals surface area contributed by atoms with Crippen LogP contribution in [0.25, 0.3) is 0 Å². The van der Waals surface area contributed by atoms with Crippen LogP contribution >= 0.6 is 46.4 Å². The molecule has 0 bridgehead atoms. The van der Waals surface area contributed by atoms with Crippen LogP contribution in [0.4, 0.5) is 0 Å². The first-order valence-electron chi connectivity index (χ1n) is 9.51. The molecular formula is C23H18Cl4N2O4. The van der Waals surface area contributed by atoms with Crippen LogP contribution in [0.5, 0.6) is 17.2 Å². The molecule has 0 radical (unpaired) electrons. The molecule has 0 atom stereocenters. The zero-order chi connectivity index (χ0) is 23.8. The minimum Gasteiger partial charge on any atom is -0.493 e. The molecule has 0 aliphatic rings. The lowest BCUT2D eigenvalue weighted by Gasteiger charge is -2.13. The summed E-state index contributed by atoms with van der Waals surface area (Å²) in [6.07, 6.45) is 1.46. The first-order valence-corrected chi connectivity index (χ1v) is 11.0. The van der Waals surface area contributed by atoms with Gasteiger partial charge in [-0.1, -0.05) is 52.5 Å². The van der Waals surface area contributed by atoms with Gasteiger partial charge in [0.05, 0.1) is 18.3 Å². The fourth-order valence-corrected chi connectivity index (χ4v) is 3.49. The molecule has 0 heterocycles. The monoisotopic (exact) mass is 526 g/mol. The van der Waals surface area contributed by atoms with Gasteiger partial charge in [-0.15, -0.1) is 0 Å². The average Bonchev–Trinajstić information content (AvgIpc) is 2.80. The number of carbonyl (C=O) groups excluding carboxylic acids is 1. The third kappa shape index (κ3) is 7.17. The second-order valence-corrected chi connectivity index (χ2v) is 8.21. The predicted octanol–water partition coefficient (Wildman–Crippen LogP) is 6.42. The summed E-state index contributed by atoms with van der Waals surface area (Å²) in [5.41, 5.74) is 3.73. The number of hydrogen-bond donors (Lipinski definition) is 1. The first-order chi connectivity index (χ1) is 15.9. The van der Waals surface area contributed by atoms with Crippen LogP contribution in [-0.4, -0.2) is 25.8 Å². The molecule has 0 aliphatic heterocycles. The van der Waals surface area contributed by atoms with Crippen LogP contribution in [0.1, 0.15) is 11.1 Å². The molecule has 6 nitrogen and oxygen atoms in total. The van der Waals surface area contributed by atoms with E-state index in [1.807, 2.05) is 0 Å². The van der Waals surface area contributed by atoms with E-state index >= 15 is 0 Å². The molecule has 10 heteroatoms. The van der Waals surface area contributed by atoms with E-state index in [0.717, 1.165) is 0 Å². The second kappa shape index (κ2) is 12.0. The summed E-state index contributed by atoms with van der Waals surface area (Å²) >= 11 is 24.2. The van der Waals surface area contributed by atoms with Crippen molar-refractivity contribution in [2.45, 2.75) is 6.61 Å². The van der Waals surface area contributed by atoms with Crippen LogP contribution in [0, 0.1) is 0 Å². The van der Waals surface area contributed by atoms with Gasteiger partial charge in [0.2, 0.25) is 0 Å². The molecule has 0 fully saturated rings. The fourth-order valence-electron chi connectivity index (χ4n) is 2.65. The van der Waals surface area contributed by atoms with Gasteiger partial charge in [0.25, 0.3) is 5.91 Å². The molecule has 0 unspecified atom stereocenters. The Labute approximate surface area is 211 Å². The molecule has 3 aromatic carbocycles. The van der Waals surface area contributed by atoms with Gasteiger partial charge in [-0.25, -0.2) is 5.43 Å². The van der Waals surface area contributed by atoms with Crippen molar-refractivity contribution in [3.05, 3.63) is 85.8 Å². The van der Waals surface area contributed by atoms with Gasteiger partial charge in [0.15, 0.2) is 18.1 Å². The summed E-state index contributed by atoms with van der Waals surface area (Å²) in [4.78, 5) is 12.0. The lowest BCUT2D eigenvalue weighted by atomic mass is 10.2. The summed E-state index contributed by atoms with van der Waals surface area (Å²) in [7, 11) is 1.52. The Kier molecular flexibility index (Phi) is 9.09. The van der Waals surface area contributed by atoms with Gasteiger partial charge < -0.3 is 14.2 Å². The molecular weight excluding hydrogens is 510 g/mol. The number of nitrogens with one attached hydrogen (secondary N) is 1. The number of hydrazone groups is 1. The number of benzene rings is 3. The minimum absolute atomic E-state index is 0.176. The quantitative estimate of drug-likeness (QED) is 0.257. The van der Waals surface area contributed by atoms with Gasteiger partial charge in [-0.05, 0) is 48.0 Å². The highest BCUT2D eigenvalue weighted by molar-refractivity contribution is 6.36. The Morgan fingerprint density at radius 2 is 1.67 bits per heavy atom. The predicted molar refractivity (Wildman–Crippen MR) is 131 cm³/mol. The molecule has 0 aliphatic carbocycles. The number of ether oxygens (including phenoxy) is 3. The van der Waals surface area contributed by atoms with E-state index in [0.29, 0.717) is 48.5 Å². The maximum Gasteiger partial charge on any atom is 0.277 e. The zero-order valence-electron chi connectivity index (χ0n) is 17.3. The minimum atomic E-state index is -0.467. The van der Waals surface area contributed by atoms with Crippen molar-refractivity contribution in [3.63, 3.8) is 0 Å². The molecule has 0 aromatic heterocycles. The molecule has 33 heavy (non-hydrogen) atoms. The molecule has 3 rings (SSSR count). The Morgan fingerprint density at radius 1 is 0.909 bits per heavy atom. The summed E-state index contributed by atoms with van der Waals surface area (Å²) in [5, 5.41) is 5.75. The van der Waals surface area contributed by atoms with Crippen LogP contribution < -0.4 is 19.6 Å². The topological polar surface area (TPSA) is 69.2 Å². The number of amides is 1. The summed E-state index contributed by atoms with van der Waals surface area (Å²) in [5.74, 6) is 0.821. The molecule has 0 spiro atoms. The highest BCUT2D eigenvalue weighted by atomic mass is 35.5. The molecule has 1 amide bonds. The molecule has 172 valence electrons. The number of nitrogens with zero attached hydrogens (tertiary/aromatic N) is 1. The van der Waals surface area contributed by atoms with Crippen LogP contribution in [-0.2, 0) is 11.4 Å². The van der Waals surface area contributed by atoms with E-state index in [2.05, 4.69) is 10.5 Å². The number of rotatable bonds is 9. The van der Waals surface area contributed by atoms with Gasteiger partial charge in [-0.3, -0.25) is 4.79 Å². The van der Waals surface area contributed by atoms with Crippen molar-refractivity contribution in [2.75, 3.05) is 13.7 Å². The Hall–Kier alpha value is -2.64. The summed E-state index contributed by atoms with van der Waals surface area (Å²) < 4.78 is 16.6. The highest BCUT2D eigenvalue weighted by Gasteiger charge is 2.10. The van der Waals surface area contributed by atoms with Gasteiger partial charge in [-0.2, -0.15) is 5.10 Å². The maximum atomic E-state index is 12.0. The van der Waals surface area contributed by atoms with Gasteiger partial charge >= 0.3 is 0 Å². The zero-order valence-corrected chi connectivity index (χ0v) is 20.3. The molecule has 0 saturated heterocycles. The lowest BCUT2D eigenvalue weighted by molar-refractivity contribution is -0.123. The largest absolute Gasteiger partial charge is 0.493 e. The van der Waals surface area contributed by atoms with Crippen LogP contribution in [0.3, 0.4) is 0 Å². The van der Waals surface area contributed by atoms with Crippen molar-refractivity contribution in [2.24, 2.45) is 5.10 Å². The highest BCUT2D eigenvalue weighted by Crippen LogP contribution is 2.31. The average molecular weight is 528 g/mol. The van der Waals surface area contributed by atoms with E-state index < -0.39 is 5.91 Å². The lowest BCUT2D eigenvalue weighted by Crippen LogP contribution is -2.24. The standard InChI is InChI=1S/C23H18Cl4N2O4/c1-31-22-9-14(5-8-20(22)32-12-16-17(25)3-2-4-18(16)26)11-28-29-23(30)13-33-21-10-15(24)6-7-19(21)27/h2-11H,12-13H2,1H3,(H,29,30)/b28-11+. The van der Waals surface area contributed by atoms with E-state index in [1.54, 1.807) is 48.5 Å². The Balaban J connectivity index is 1.56. The van der Waals surface area contributed by atoms with E-state index in [1.165, 1.54) is 19.4 Å². The van der Waals surface area contributed by atoms with Gasteiger partial charge in [0, 0.05) is 26.7 Å². The van der Waals surface area contributed by atoms with Crippen molar-refractivity contribution in [1.82, 2.24) is 5.43 Å². The Morgan fingerprint density at radius 3 is 2.39 bits per heavy atom. The number of carbonyl (C=O) groups is 1. The molecule has 3 aromatic rings. The van der Waals surface area contributed by atoms with Crippen molar-refractivity contribution >= 4 is 58.5 Å². The number of hydrogen-bond acceptors (Lipinski definition) is 5. The van der Waals surface area contributed by atoms with E-state index in [9.17, 15) is 4.79 Å².